The minimum absolute atomic E-state index is 0.0206. The van der Waals surface area contributed by atoms with E-state index in [-0.39, 0.29) is 5.41 Å². The van der Waals surface area contributed by atoms with Gasteiger partial charge in [0.1, 0.15) is 12.0 Å². The van der Waals surface area contributed by atoms with E-state index >= 15 is 0 Å². The Bertz CT molecular complexity index is 561. The number of benzene rings is 1. The maximum absolute atomic E-state index is 4.80. The standard InChI is InChI=1S/C16H22N4O/c1-16(2,13-7-5-4-6-8-13)12-19-15(17-3)18-11-14-9-10-21-20-14/h4-10H,11-12H2,1-3H3,(H2,17,18,19). The fourth-order valence-corrected chi connectivity index (χ4v) is 2.02. The van der Waals surface area contributed by atoms with Crippen LogP contribution >= 0.6 is 0 Å². The zero-order chi connectivity index (χ0) is 15.1. The summed E-state index contributed by atoms with van der Waals surface area (Å²) in [6.45, 7) is 5.79. The smallest absolute Gasteiger partial charge is 0.191 e. The van der Waals surface area contributed by atoms with Gasteiger partial charge >= 0.3 is 0 Å². The van der Waals surface area contributed by atoms with Gasteiger partial charge in [0.2, 0.25) is 0 Å². The highest BCUT2D eigenvalue weighted by Gasteiger charge is 2.20. The van der Waals surface area contributed by atoms with Crippen molar-refractivity contribution < 1.29 is 4.52 Å². The van der Waals surface area contributed by atoms with E-state index in [0.29, 0.717) is 6.54 Å². The fraction of sp³-hybridized carbons (Fsp3) is 0.375. The van der Waals surface area contributed by atoms with Crippen molar-refractivity contribution in [2.75, 3.05) is 13.6 Å². The van der Waals surface area contributed by atoms with E-state index < -0.39 is 0 Å². The SMILES string of the molecule is CN=C(NCc1ccon1)NCC(C)(C)c1ccccc1. The quantitative estimate of drug-likeness (QED) is 0.654. The molecular weight excluding hydrogens is 264 g/mol. The van der Waals surface area contributed by atoms with E-state index in [9.17, 15) is 0 Å². The number of nitrogens with one attached hydrogen (secondary N) is 2. The molecule has 0 fully saturated rings. The number of aromatic nitrogens is 1. The van der Waals surface area contributed by atoms with E-state index in [1.54, 1.807) is 13.3 Å². The van der Waals surface area contributed by atoms with Crippen LogP contribution < -0.4 is 10.6 Å². The second-order valence-corrected chi connectivity index (χ2v) is 5.52. The average molecular weight is 286 g/mol. The molecule has 0 unspecified atom stereocenters. The molecule has 1 aromatic heterocycles. The van der Waals surface area contributed by atoms with Gasteiger partial charge in [0.25, 0.3) is 0 Å². The number of rotatable bonds is 5. The zero-order valence-electron chi connectivity index (χ0n) is 12.8. The van der Waals surface area contributed by atoms with Crippen molar-refractivity contribution >= 4 is 5.96 Å². The van der Waals surface area contributed by atoms with Crippen LogP contribution in [0.2, 0.25) is 0 Å². The average Bonchev–Trinajstić information content (AvgIpc) is 3.02. The molecule has 0 amide bonds. The summed E-state index contributed by atoms with van der Waals surface area (Å²) in [7, 11) is 1.76. The lowest BCUT2D eigenvalue weighted by Crippen LogP contribution is -2.43. The molecule has 5 heteroatoms. The van der Waals surface area contributed by atoms with Crippen molar-refractivity contribution in [3.05, 3.63) is 53.9 Å². The Hall–Kier alpha value is -2.30. The van der Waals surface area contributed by atoms with Crippen molar-refractivity contribution in [3.8, 4) is 0 Å². The van der Waals surface area contributed by atoms with Gasteiger partial charge in [-0.05, 0) is 5.56 Å². The zero-order valence-corrected chi connectivity index (χ0v) is 12.8. The summed E-state index contributed by atoms with van der Waals surface area (Å²) >= 11 is 0. The summed E-state index contributed by atoms with van der Waals surface area (Å²) in [5.41, 5.74) is 2.16. The summed E-state index contributed by atoms with van der Waals surface area (Å²) in [6.07, 6.45) is 1.56. The maximum Gasteiger partial charge on any atom is 0.191 e. The van der Waals surface area contributed by atoms with Gasteiger partial charge in [0, 0.05) is 25.1 Å². The van der Waals surface area contributed by atoms with Crippen LogP contribution in [0.1, 0.15) is 25.1 Å². The molecule has 0 spiro atoms. The largest absolute Gasteiger partial charge is 0.364 e. The molecule has 0 aliphatic carbocycles. The Morgan fingerprint density at radius 2 is 1.95 bits per heavy atom. The Morgan fingerprint density at radius 1 is 1.19 bits per heavy atom. The molecule has 2 aromatic rings. The summed E-state index contributed by atoms with van der Waals surface area (Å²) in [5, 5.41) is 10.4. The molecule has 1 heterocycles. The fourth-order valence-electron chi connectivity index (χ4n) is 2.02. The van der Waals surface area contributed by atoms with Gasteiger partial charge in [-0.25, -0.2) is 0 Å². The second kappa shape index (κ2) is 6.92. The summed E-state index contributed by atoms with van der Waals surface area (Å²) in [6, 6.07) is 12.3. The molecule has 0 saturated heterocycles. The molecule has 112 valence electrons. The highest BCUT2D eigenvalue weighted by Crippen LogP contribution is 2.21. The minimum Gasteiger partial charge on any atom is -0.364 e. The summed E-state index contributed by atoms with van der Waals surface area (Å²) < 4.78 is 4.80. The van der Waals surface area contributed by atoms with Crippen molar-refractivity contribution in [2.24, 2.45) is 4.99 Å². The Balaban J connectivity index is 1.88. The Kier molecular flexibility index (Phi) is 4.98. The summed E-state index contributed by atoms with van der Waals surface area (Å²) in [5.74, 6) is 0.752. The molecule has 0 aliphatic rings. The van der Waals surface area contributed by atoms with Crippen molar-refractivity contribution in [1.82, 2.24) is 15.8 Å². The van der Waals surface area contributed by atoms with Gasteiger partial charge in [-0.15, -0.1) is 0 Å². The molecular formula is C16H22N4O. The lowest BCUT2D eigenvalue weighted by molar-refractivity contribution is 0.410. The first kappa shape index (κ1) is 15.1. The normalized spacial score (nSPS) is 12.2. The first-order chi connectivity index (χ1) is 10.1. The van der Waals surface area contributed by atoms with E-state index in [2.05, 4.69) is 58.9 Å². The third-order valence-electron chi connectivity index (χ3n) is 3.40. The topological polar surface area (TPSA) is 62.5 Å². The van der Waals surface area contributed by atoms with Crippen LogP contribution in [0.3, 0.4) is 0 Å². The molecule has 2 rings (SSSR count). The first-order valence-electron chi connectivity index (χ1n) is 7.01. The molecule has 0 saturated carbocycles. The van der Waals surface area contributed by atoms with Crippen molar-refractivity contribution in [3.63, 3.8) is 0 Å². The minimum atomic E-state index is 0.0206. The third kappa shape index (κ3) is 4.34. The van der Waals surface area contributed by atoms with E-state index in [1.807, 2.05) is 12.1 Å². The summed E-state index contributed by atoms with van der Waals surface area (Å²) in [4.78, 5) is 4.22. The van der Waals surface area contributed by atoms with Crippen LogP contribution in [-0.2, 0) is 12.0 Å². The molecule has 0 aliphatic heterocycles. The van der Waals surface area contributed by atoms with Crippen LogP contribution in [-0.4, -0.2) is 24.7 Å². The van der Waals surface area contributed by atoms with Gasteiger partial charge in [-0.2, -0.15) is 0 Å². The number of hydrogen-bond acceptors (Lipinski definition) is 3. The predicted octanol–water partition coefficient (Wildman–Crippen LogP) is 2.32. The molecule has 2 N–H and O–H groups in total. The Morgan fingerprint density at radius 3 is 2.57 bits per heavy atom. The Labute approximate surface area is 125 Å². The monoisotopic (exact) mass is 286 g/mol. The molecule has 0 radical (unpaired) electrons. The molecule has 0 atom stereocenters. The van der Waals surface area contributed by atoms with Gasteiger partial charge in [-0.1, -0.05) is 49.3 Å². The number of guanidine groups is 1. The maximum atomic E-state index is 4.80. The van der Waals surface area contributed by atoms with E-state index in [1.165, 1.54) is 5.56 Å². The van der Waals surface area contributed by atoms with Gasteiger partial charge in [0.15, 0.2) is 5.96 Å². The molecule has 5 nitrogen and oxygen atoms in total. The van der Waals surface area contributed by atoms with Crippen molar-refractivity contribution in [1.29, 1.82) is 0 Å². The highest BCUT2D eigenvalue weighted by atomic mass is 16.5. The van der Waals surface area contributed by atoms with Crippen LogP contribution in [0.15, 0.2) is 52.2 Å². The third-order valence-corrected chi connectivity index (χ3v) is 3.40. The lowest BCUT2D eigenvalue weighted by atomic mass is 9.85. The van der Waals surface area contributed by atoms with Crippen LogP contribution in [0.25, 0.3) is 0 Å². The molecule has 0 bridgehead atoms. The lowest BCUT2D eigenvalue weighted by Gasteiger charge is -2.26. The second-order valence-electron chi connectivity index (χ2n) is 5.52. The van der Waals surface area contributed by atoms with E-state index in [4.69, 9.17) is 4.52 Å². The van der Waals surface area contributed by atoms with Gasteiger partial charge < -0.3 is 15.2 Å². The highest BCUT2D eigenvalue weighted by molar-refractivity contribution is 5.79. The van der Waals surface area contributed by atoms with Gasteiger partial charge in [-0.3, -0.25) is 4.99 Å². The van der Waals surface area contributed by atoms with Crippen LogP contribution in [0.5, 0.6) is 0 Å². The van der Waals surface area contributed by atoms with Crippen LogP contribution in [0.4, 0.5) is 0 Å². The number of hydrogen-bond donors (Lipinski definition) is 2. The van der Waals surface area contributed by atoms with E-state index in [0.717, 1.165) is 18.2 Å². The number of aliphatic imine (C=N–C) groups is 1. The predicted molar refractivity (Wildman–Crippen MR) is 84.2 cm³/mol. The van der Waals surface area contributed by atoms with Gasteiger partial charge in [0.05, 0.1) is 6.54 Å². The van der Waals surface area contributed by atoms with Crippen molar-refractivity contribution in [2.45, 2.75) is 25.8 Å². The number of nitrogens with zero attached hydrogens (tertiary/aromatic N) is 2. The molecule has 21 heavy (non-hydrogen) atoms. The van der Waals surface area contributed by atoms with Crippen LogP contribution in [0, 0.1) is 0 Å². The molecule has 1 aromatic carbocycles. The first-order valence-corrected chi connectivity index (χ1v) is 7.01.